The van der Waals surface area contributed by atoms with Gasteiger partial charge in [0.05, 0.1) is 10.9 Å². The zero-order chi connectivity index (χ0) is 18.7. The van der Waals surface area contributed by atoms with Crippen LogP contribution in [-0.4, -0.2) is 25.7 Å². The fourth-order valence-electron chi connectivity index (χ4n) is 2.48. The van der Waals surface area contributed by atoms with E-state index in [1.807, 2.05) is 37.3 Å². The van der Waals surface area contributed by atoms with Gasteiger partial charge in [-0.05, 0) is 24.6 Å². The quantitative estimate of drug-likeness (QED) is 0.745. The van der Waals surface area contributed by atoms with Gasteiger partial charge in [-0.2, -0.15) is 0 Å². The molecule has 134 valence electrons. The van der Waals surface area contributed by atoms with Crippen molar-refractivity contribution in [2.75, 3.05) is 6.26 Å². The molecule has 2 aromatic carbocycles. The lowest BCUT2D eigenvalue weighted by Crippen LogP contribution is -2.26. The highest BCUT2D eigenvalue weighted by Crippen LogP contribution is 2.21. The van der Waals surface area contributed by atoms with Crippen LogP contribution in [0.5, 0.6) is 0 Å². The minimum atomic E-state index is -3.24. The monoisotopic (exact) mass is 370 g/mol. The van der Waals surface area contributed by atoms with E-state index in [0.29, 0.717) is 5.76 Å². The third-order valence-electron chi connectivity index (χ3n) is 3.96. The van der Waals surface area contributed by atoms with Crippen LogP contribution in [0.15, 0.2) is 70.1 Å². The maximum absolute atomic E-state index is 12.4. The summed E-state index contributed by atoms with van der Waals surface area (Å²) in [5.41, 5.74) is 1.81. The fourth-order valence-corrected chi connectivity index (χ4v) is 3.11. The van der Waals surface area contributed by atoms with Crippen molar-refractivity contribution in [2.45, 2.75) is 17.9 Å². The summed E-state index contributed by atoms with van der Waals surface area (Å²) in [6.07, 6.45) is 1.15. The molecule has 1 N–H and O–H groups in total. The number of rotatable bonds is 5. The average molecular weight is 370 g/mol. The second-order valence-corrected chi connectivity index (χ2v) is 7.99. The highest BCUT2D eigenvalue weighted by atomic mass is 32.2. The molecule has 1 heterocycles. The number of sulfone groups is 1. The second-order valence-electron chi connectivity index (χ2n) is 5.98. The molecular weight excluding hydrogens is 352 g/mol. The molecule has 26 heavy (non-hydrogen) atoms. The summed E-state index contributed by atoms with van der Waals surface area (Å²) < 4.78 is 28.3. The van der Waals surface area contributed by atoms with E-state index < -0.39 is 9.84 Å². The van der Waals surface area contributed by atoms with Crippen LogP contribution in [0, 0.1) is 0 Å². The van der Waals surface area contributed by atoms with Crippen LogP contribution in [0.1, 0.15) is 29.0 Å². The maximum Gasteiger partial charge on any atom is 0.273 e. The Labute approximate surface area is 151 Å². The van der Waals surface area contributed by atoms with Gasteiger partial charge in [-0.3, -0.25) is 4.79 Å². The molecule has 0 aliphatic heterocycles. The number of hydrogen-bond acceptors (Lipinski definition) is 5. The van der Waals surface area contributed by atoms with Gasteiger partial charge in [0.15, 0.2) is 21.3 Å². The largest absolute Gasteiger partial charge is 0.355 e. The molecular formula is C19H18N2O4S. The molecule has 1 aromatic heterocycles. The van der Waals surface area contributed by atoms with Crippen LogP contribution < -0.4 is 5.32 Å². The molecule has 6 nitrogen and oxygen atoms in total. The van der Waals surface area contributed by atoms with Gasteiger partial charge < -0.3 is 9.84 Å². The molecule has 1 amide bonds. The summed E-state index contributed by atoms with van der Waals surface area (Å²) in [5, 5.41) is 6.64. The Balaban J connectivity index is 1.71. The first-order valence-corrected chi connectivity index (χ1v) is 9.87. The Morgan fingerprint density at radius 2 is 1.73 bits per heavy atom. The summed E-state index contributed by atoms with van der Waals surface area (Å²) >= 11 is 0. The first kappa shape index (κ1) is 17.9. The van der Waals surface area contributed by atoms with Crippen molar-refractivity contribution in [3.8, 4) is 11.3 Å². The van der Waals surface area contributed by atoms with Crippen LogP contribution in [0.3, 0.4) is 0 Å². The molecule has 0 unspecified atom stereocenters. The Morgan fingerprint density at radius 1 is 1.08 bits per heavy atom. The van der Waals surface area contributed by atoms with Gasteiger partial charge in [0.25, 0.3) is 5.91 Å². The van der Waals surface area contributed by atoms with Gasteiger partial charge in [0.2, 0.25) is 0 Å². The summed E-state index contributed by atoms with van der Waals surface area (Å²) in [4.78, 5) is 12.6. The molecule has 0 fully saturated rings. The SMILES string of the molecule is C[C@@H](NC(=O)c1cc(-c2ccccc2)on1)c1ccc(S(C)(=O)=O)cc1. The van der Waals surface area contributed by atoms with Gasteiger partial charge in [0.1, 0.15) is 0 Å². The number of carbonyl (C=O) groups excluding carboxylic acids is 1. The lowest BCUT2D eigenvalue weighted by atomic mass is 10.1. The van der Waals surface area contributed by atoms with E-state index in [2.05, 4.69) is 10.5 Å². The van der Waals surface area contributed by atoms with E-state index >= 15 is 0 Å². The van der Waals surface area contributed by atoms with Crippen molar-refractivity contribution in [3.05, 3.63) is 71.9 Å². The molecule has 0 aliphatic carbocycles. The number of benzene rings is 2. The zero-order valence-corrected chi connectivity index (χ0v) is 15.2. The number of nitrogens with one attached hydrogen (secondary N) is 1. The molecule has 0 radical (unpaired) electrons. The van der Waals surface area contributed by atoms with E-state index in [-0.39, 0.29) is 22.5 Å². The number of nitrogens with zero attached hydrogens (tertiary/aromatic N) is 1. The van der Waals surface area contributed by atoms with Crippen molar-refractivity contribution < 1.29 is 17.7 Å². The van der Waals surface area contributed by atoms with Crippen LogP contribution >= 0.6 is 0 Å². The number of aromatic nitrogens is 1. The summed E-state index contributed by atoms with van der Waals surface area (Å²) in [7, 11) is -3.24. The van der Waals surface area contributed by atoms with Crippen LogP contribution in [0.25, 0.3) is 11.3 Å². The van der Waals surface area contributed by atoms with E-state index in [0.717, 1.165) is 17.4 Å². The Kier molecular flexibility index (Phi) is 4.90. The first-order chi connectivity index (χ1) is 12.3. The Morgan fingerprint density at radius 3 is 2.35 bits per heavy atom. The van der Waals surface area contributed by atoms with Crippen molar-refractivity contribution in [2.24, 2.45) is 0 Å². The van der Waals surface area contributed by atoms with Crippen molar-refractivity contribution >= 4 is 15.7 Å². The standard InChI is InChI=1S/C19H18N2O4S/c1-13(14-8-10-16(11-9-14)26(2,23)24)20-19(22)17-12-18(25-21-17)15-6-4-3-5-7-15/h3-13H,1-2H3,(H,20,22)/t13-/m1/s1. The second kappa shape index (κ2) is 7.13. The van der Waals surface area contributed by atoms with Gasteiger partial charge in [-0.1, -0.05) is 47.6 Å². The maximum atomic E-state index is 12.4. The van der Waals surface area contributed by atoms with E-state index in [4.69, 9.17) is 4.52 Å². The molecule has 0 saturated heterocycles. The normalized spacial score (nSPS) is 12.5. The highest BCUT2D eigenvalue weighted by molar-refractivity contribution is 7.90. The Hall–Kier alpha value is -2.93. The predicted octanol–water partition coefficient (Wildman–Crippen LogP) is 3.24. The molecule has 1 atom stereocenters. The first-order valence-electron chi connectivity index (χ1n) is 7.97. The van der Waals surface area contributed by atoms with E-state index in [9.17, 15) is 13.2 Å². The van der Waals surface area contributed by atoms with Gasteiger partial charge in [-0.25, -0.2) is 8.42 Å². The minimum Gasteiger partial charge on any atom is -0.355 e. The summed E-state index contributed by atoms with van der Waals surface area (Å²) in [6, 6.07) is 17.1. The van der Waals surface area contributed by atoms with E-state index in [1.54, 1.807) is 18.2 Å². The highest BCUT2D eigenvalue weighted by Gasteiger charge is 2.17. The van der Waals surface area contributed by atoms with Crippen molar-refractivity contribution in [3.63, 3.8) is 0 Å². The summed E-state index contributed by atoms with van der Waals surface area (Å²) in [5.74, 6) is 0.150. The third-order valence-corrected chi connectivity index (χ3v) is 5.09. The molecule has 3 rings (SSSR count). The average Bonchev–Trinajstić information content (AvgIpc) is 3.12. The van der Waals surface area contributed by atoms with Gasteiger partial charge in [0, 0.05) is 17.9 Å². The van der Waals surface area contributed by atoms with Crippen LogP contribution in [0.2, 0.25) is 0 Å². The van der Waals surface area contributed by atoms with Crippen LogP contribution in [0.4, 0.5) is 0 Å². The third kappa shape index (κ3) is 4.00. The van der Waals surface area contributed by atoms with Crippen molar-refractivity contribution in [1.82, 2.24) is 10.5 Å². The number of hydrogen-bond donors (Lipinski definition) is 1. The predicted molar refractivity (Wildman–Crippen MR) is 97.4 cm³/mol. The molecule has 0 saturated carbocycles. The fraction of sp³-hybridized carbons (Fsp3) is 0.158. The van der Waals surface area contributed by atoms with Gasteiger partial charge in [-0.15, -0.1) is 0 Å². The smallest absolute Gasteiger partial charge is 0.273 e. The molecule has 7 heteroatoms. The lowest BCUT2D eigenvalue weighted by molar-refractivity contribution is 0.0931. The molecule has 0 aliphatic rings. The zero-order valence-electron chi connectivity index (χ0n) is 14.3. The topological polar surface area (TPSA) is 89.3 Å². The minimum absolute atomic E-state index is 0.184. The van der Waals surface area contributed by atoms with Crippen LogP contribution in [-0.2, 0) is 9.84 Å². The number of carbonyl (C=O) groups is 1. The molecule has 0 spiro atoms. The lowest BCUT2D eigenvalue weighted by Gasteiger charge is -2.13. The number of amides is 1. The molecule has 3 aromatic rings. The van der Waals surface area contributed by atoms with E-state index in [1.165, 1.54) is 12.1 Å². The van der Waals surface area contributed by atoms with Crippen molar-refractivity contribution in [1.29, 1.82) is 0 Å². The van der Waals surface area contributed by atoms with Gasteiger partial charge >= 0.3 is 0 Å². The Bertz CT molecular complexity index is 1010. The molecule has 0 bridgehead atoms. The summed E-state index contributed by atoms with van der Waals surface area (Å²) in [6.45, 7) is 1.81.